The van der Waals surface area contributed by atoms with Gasteiger partial charge in [-0.25, -0.2) is 4.98 Å². The van der Waals surface area contributed by atoms with Crippen LogP contribution in [-0.4, -0.2) is 39.6 Å². The van der Waals surface area contributed by atoms with Gasteiger partial charge in [-0.3, -0.25) is 0 Å². The summed E-state index contributed by atoms with van der Waals surface area (Å²) in [6, 6.07) is 0.959. The second kappa shape index (κ2) is 4.67. The molecule has 0 spiro atoms. The number of aromatic nitrogens is 2. The number of nitrogens with two attached hydrogens (primary N) is 1. The van der Waals surface area contributed by atoms with Crippen LogP contribution in [0.1, 0.15) is 44.1 Å². The zero-order valence-electron chi connectivity index (χ0n) is 11.5. The Kier molecular flexibility index (Phi) is 3.16. The van der Waals surface area contributed by atoms with Gasteiger partial charge in [0.2, 0.25) is 0 Å². The quantitative estimate of drug-likeness (QED) is 0.859. The fourth-order valence-corrected chi connectivity index (χ4v) is 3.29. The van der Waals surface area contributed by atoms with Crippen molar-refractivity contribution >= 4 is 0 Å². The van der Waals surface area contributed by atoms with Crippen molar-refractivity contribution in [3.63, 3.8) is 0 Å². The highest BCUT2D eigenvalue weighted by Gasteiger charge is 2.30. The number of fused-ring (bicyclic) bond motifs is 1. The number of rotatable bonds is 2. The van der Waals surface area contributed by atoms with E-state index >= 15 is 0 Å². The van der Waals surface area contributed by atoms with Crippen LogP contribution >= 0.6 is 0 Å². The minimum Gasteiger partial charge on any atom is -0.330 e. The molecule has 1 aromatic rings. The van der Waals surface area contributed by atoms with Crippen LogP contribution in [0.3, 0.4) is 0 Å². The fourth-order valence-electron chi connectivity index (χ4n) is 3.29. The Balaban J connectivity index is 1.80. The molecular weight excluding hydrogens is 224 g/mol. The van der Waals surface area contributed by atoms with Crippen molar-refractivity contribution < 1.29 is 0 Å². The number of imidazole rings is 1. The van der Waals surface area contributed by atoms with E-state index in [0.717, 1.165) is 25.9 Å². The Hall–Kier alpha value is -0.870. The van der Waals surface area contributed by atoms with Crippen molar-refractivity contribution in [3.8, 4) is 0 Å². The number of hydrogen-bond donors (Lipinski definition) is 1. The molecule has 2 atom stereocenters. The fraction of sp³-hybridized carbons (Fsp3) is 0.786. The predicted octanol–water partition coefficient (Wildman–Crippen LogP) is 1.35. The van der Waals surface area contributed by atoms with Gasteiger partial charge in [0.05, 0.1) is 0 Å². The molecule has 4 heteroatoms. The zero-order valence-corrected chi connectivity index (χ0v) is 11.5. The first-order chi connectivity index (χ1) is 8.65. The van der Waals surface area contributed by atoms with Gasteiger partial charge in [0.1, 0.15) is 5.82 Å². The van der Waals surface area contributed by atoms with Gasteiger partial charge >= 0.3 is 0 Å². The van der Waals surface area contributed by atoms with Gasteiger partial charge in [0.15, 0.2) is 0 Å². The van der Waals surface area contributed by atoms with Gasteiger partial charge in [0.25, 0.3) is 0 Å². The molecule has 0 saturated carbocycles. The topological polar surface area (TPSA) is 47.1 Å². The monoisotopic (exact) mass is 248 g/mol. The lowest BCUT2D eigenvalue weighted by atomic mass is 10.0. The average Bonchev–Trinajstić information content (AvgIpc) is 2.93. The van der Waals surface area contributed by atoms with Crippen LogP contribution in [0.5, 0.6) is 0 Å². The predicted molar refractivity (Wildman–Crippen MR) is 72.6 cm³/mol. The molecule has 4 nitrogen and oxygen atoms in total. The molecule has 3 heterocycles. The molecule has 2 aliphatic heterocycles. The average molecular weight is 248 g/mol. The van der Waals surface area contributed by atoms with Crippen LogP contribution in [-0.2, 0) is 13.0 Å². The van der Waals surface area contributed by atoms with E-state index in [1.807, 2.05) is 0 Å². The Bertz CT molecular complexity index is 423. The van der Waals surface area contributed by atoms with Gasteiger partial charge in [-0.05, 0) is 39.7 Å². The van der Waals surface area contributed by atoms with Crippen molar-refractivity contribution in [2.75, 3.05) is 13.1 Å². The maximum atomic E-state index is 6.09. The molecule has 0 aromatic carbocycles. The molecule has 0 amide bonds. The first-order valence-corrected chi connectivity index (χ1v) is 7.19. The molecule has 3 rings (SSSR count). The molecular formula is C14H24N4. The van der Waals surface area contributed by atoms with E-state index in [0.29, 0.717) is 18.0 Å². The molecule has 2 N–H and O–H groups in total. The lowest BCUT2D eigenvalue weighted by molar-refractivity contribution is 0.271. The maximum Gasteiger partial charge on any atom is 0.113 e. The largest absolute Gasteiger partial charge is 0.330 e. The summed E-state index contributed by atoms with van der Waals surface area (Å²) in [6.07, 6.45) is 5.51. The molecule has 100 valence electrons. The normalized spacial score (nSPS) is 28.9. The van der Waals surface area contributed by atoms with E-state index in [9.17, 15) is 0 Å². The smallest absolute Gasteiger partial charge is 0.113 e. The third-order valence-electron chi connectivity index (χ3n) is 4.47. The van der Waals surface area contributed by atoms with Crippen molar-refractivity contribution in [1.82, 2.24) is 14.5 Å². The molecule has 1 fully saturated rings. The lowest BCUT2D eigenvalue weighted by Gasteiger charge is -2.24. The summed E-state index contributed by atoms with van der Waals surface area (Å²) < 4.78 is 2.39. The molecule has 0 bridgehead atoms. The summed E-state index contributed by atoms with van der Waals surface area (Å²) in [5, 5.41) is 0. The van der Waals surface area contributed by atoms with Crippen LogP contribution in [0, 0.1) is 0 Å². The van der Waals surface area contributed by atoms with E-state index in [1.165, 1.54) is 24.5 Å². The molecule has 2 unspecified atom stereocenters. The van der Waals surface area contributed by atoms with E-state index in [1.54, 1.807) is 0 Å². The molecule has 0 aliphatic carbocycles. The highest BCUT2D eigenvalue weighted by atomic mass is 15.2. The summed E-state index contributed by atoms with van der Waals surface area (Å²) in [6.45, 7) is 7.88. The van der Waals surface area contributed by atoms with Crippen LogP contribution in [0.2, 0.25) is 0 Å². The summed E-state index contributed by atoms with van der Waals surface area (Å²) in [5.74, 6) is 1.88. The van der Waals surface area contributed by atoms with Crippen molar-refractivity contribution in [2.24, 2.45) is 5.73 Å². The second-order valence-corrected chi connectivity index (χ2v) is 6.09. The Morgan fingerprint density at radius 1 is 1.33 bits per heavy atom. The molecule has 1 saturated heterocycles. The number of likely N-dealkylation sites (tertiary alicyclic amines) is 1. The van der Waals surface area contributed by atoms with E-state index in [4.69, 9.17) is 5.73 Å². The molecule has 1 aromatic heterocycles. The van der Waals surface area contributed by atoms with Gasteiger partial charge in [-0.1, -0.05) is 0 Å². The van der Waals surface area contributed by atoms with E-state index < -0.39 is 0 Å². The summed E-state index contributed by atoms with van der Waals surface area (Å²) in [5.41, 5.74) is 7.48. The van der Waals surface area contributed by atoms with Gasteiger partial charge in [-0.15, -0.1) is 0 Å². The Labute approximate surface area is 109 Å². The number of aryl methyl sites for hydroxylation is 1. The minimum absolute atomic E-state index is 0.313. The summed E-state index contributed by atoms with van der Waals surface area (Å²) >= 11 is 0. The van der Waals surface area contributed by atoms with Crippen LogP contribution in [0.15, 0.2) is 6.20 Å². The van der Waals surface area contributed by atoms with Crippen molar-refractivity contribution in [2.45, 2.75) is 57.7 Å². The minimum atomic E-state index is 0.313. The second-order valence-electron chi connectivity index (χ2n) is 6.09. The highest BCUT2D eigenvalue weighted by Crippen LogP contribution is 2.29. The van der Waals surface area contributed by atoms with Gasteiger partial charge < -0.3 is 15.2 Å². The summed E-state index contributed by atoms with van der Waals surface area (Å²) in [7, 11) is 0. The van der Waals surface area contributed by atoms with Crippen molar-refractivity contribution in [1.29, 1.82) is 0 Å². The van der Waals surface area contributed by atoms with Crippen LogP contribution < -0.4 is 5.73 Å². The van der Waals surface area contributed by atoms with E-state index in [2.05, 4.69) is 34.5 Å². The van der Waals surface area contributed by atoms with Crippen LogP contribution in [0.25, 0.3) is 0 Å². The van der Waals surface area contributed by atoms with Crippen LogP contribution in [0.4, 0.5) is 0 Å². The Morgan fingerprint density at radius 3 is 2.89 bits per heavy atom. The highest BCUT2D eigenvalue weighted by molar-refractivity contribution is 5.14. The number of hydrogen-bond acceptors (Lipinski definition) is 3. The zero-order chi connectivity index (χ0) is 12.7. The van der Waals surface area contributed by atoms with Crippen molar-refractivity contribution in [3.05, 3.63) is 17.7 Å². The third-order valence-corrected chi connectivity index (χ3v) is 4.47. The number of nitrogens with zero attached hydrogens (tertiary/aromatic N) is 3. The standard InChI is InChI=1S/C14H24N4/c1-10(2)17-6-5-11(8-17)14-16-7-13-4-3-12(15)9-18(13)14/h7,10-12H,3-6,8-9,15H2,1-2H3. The summed E-state index contributed by atoms with van der Waals surface area (Å²) in [4.78, 5) is 7.24. The lowest BCUT2D eigenvalue weighted by Crippen LogP contribution is -2.33. The Morgan fingerprint density at radius 2 is 2.17 bits per heavy atom. The van der Waals surface area contributed by atoms with E-state index in [-0.39, 0.29) is 0 Å². The first-order valence-electron chi connectivity index (χ1n) is 7.19. The first kappa shape index (κ1) is 12.2. The van der Waals surface area contributed by atoms with Gasteiger partial charge in [0, 0.05) is 43.0 Å². The third kappa shape index (κ3) is 2.08. The molecule has 0 radical (unpaired) electrons. The SMILES string of the molecule is CC(C)N1CCC(c2ncc3n2CC(N)CC3)C1. The molecule has 18 heavy (non-hydrogen) atoms. The maximum absolute atomic E-state index is 6.09. The molecule has 2 aliphatic rings. The van der Waals surface area contributed by atoms with Gasteiger partial charge in [-0.2, -0.15) is 0 Å².